The van der Waals surface area contributed by atoms with Crippen molar-refractivity contribution in [1.29, 1.82) is 5.26 Å². The number of anilines is 1. The van der Waals surface area contributed by atoms with Crippen LogP contribution in [-0.4, -0.2) is 7.05 Å². The molecule has 0 unspecified atom stereocenters. The summed E-state index contributed by atoms with van der Waals surface area (Å²) >= 11 is 0. The van der Waals surface area contributed by atoms with Crippen molar-refractivity contribution in [2.45, 2.75) is 13.8 Å². The predicted molar refractivity (Wildman–Crippen MR) is 49.9 cm³/mol. The molecule has 2 heteroatoms. The van der Waals surface area contributed by atoms with E-state index in [-0.39, 0.29) is 0 Å². The van der Waals surface area contributed by atoms with Crippen LogP contribution in [0, 0.1) is 25.3 Å². The van der Waals surface area contributed by atoms with Crippen molar-refractivity contribution in [3.63, 3.8) is 0 Å². The quantitative estimate of drug-likeness (QED) is 0.465. The Morgan fingerprint density at radius 3 is 2.50 bits per heavy atom. The molecule has 0 atom stereocenters. The summed E-state index contributed by atoms with van der Waals surface area (Å²) in [5.41, 5.74) is 3.34. The maximum Gasteiger partial charge on any atom is 0.184 e. The number of nitrogens with zero attached hydrogens (tertiary/aromatic N) is 2. The lowest BCUT2D eigenvalue weighted by molar-refractivity contribution is 1.18. The molecule has 0 radical (unpaired) electrons. The van der Waals surface area contributed by atoms with Gasteiger partial charge in [-0.25, -0.2) is 0 Å². The first-order valence-electron chi connectivity index (χ1n) is 3.86. The molecule has 1 rings (SSSR count). The van der Waals surface area contributed by atoms with Crippen LogP contribution >= 0.6 is 0 Å². The van der Waals surface area contributed by atoms with E-state index in [1.54, 1.807) is 11.9 Å². The molecular weight excluding hydrogens is 148 g/mol. The third kappa shape index (κ3) is 1.57. The smallest absolute Gasteiger partial charge is 0.184 e. The van der Waals surface area contributed by atoms with Gasteiger partial charge in [-0.1, -0.05) is 17.7 Å². The normalized spacial score (nSPS) is 9.17. The Bertz CT molecular complexity index is 323. The van der Waals surface area contributed by atoms with Gasteiger partial charge < -0.3 is 0 Å². The van der Waals surface area contributed by atoms with Gasteiger partial charge in [0.05, 0.1) is 5.69 Å². The highest BCUT2D eigenvalue weighted by Crippen LogP contribution is 2.18. The number of hydrogen-bond acceptors (Lipinski definition) is 2. The molecule has 0 aromatic heterocycles. The van der Waals surface area contributed by atoms with Crippen molar-refractivity contribution in [1.82, 2.24) is 0 Å². The van der Waals surface area contributed by atoms with Crippen LogP contribution in [0.2, 0.25) is 0 Å². The first-order chi connectivity index (χ1) is 5.65. The van der Waals surface area contributed by atoms with E-state index in [4.69, 9.17) is 5.26 Å². The third-order valence-electron chi connectivity index (χ3n) is 1.86. The second kappa shape index (κ2) is 3.27. The fourth-order valence-electron chi connectivity index (χ4n) is 1.24. The van der Waals surface area contributed by atoms with Gasteiger partial charge in [-0.2, -0.15) is 5.26 Å². The summed E-state index contributed by atoms with van der Waals surface area (Å²) < 4.78 is 0. The maximum absolute atomic E-state index is 8.66. The van der Waals surface area contributed by atoms with Gasteiger partial charge in [0.2, 0.25) is 0 Å². The topological polar surface area (TPSA) is 27.0 Å². The molecule has 0 bridgehead atoms. The molecule has 1 aromatic carbocycles. The van der Waals surface area contributed by atoms with E-state index < -0.39 is 0 Å². The summed E-state index contributed by atoms with van der Waals surface area (Å²) in [4.78, 5) is 1.56. The van der Waals surface area contributed by atoms with Gasteiger partial charge in [0.25, 0.3) is 0 Å². The lowest BCUT2D eigenvalue weighted by atomic mass is 10.1. The molecule has 0 aliphatic heterocycles. The van der Waals surface area contributed by atoms with E-state index in [9.17, 15) is 0 Å². The van der Waals surface area contributed by atoms with E-state index in [2.05, 4.69) is 12.3 Å². The maximum atomic E-state index is 8.66. The molecule has 0 amide bonds. The van der Waals surface area contributed by atoms with Crippen molar-refractivity contribution >= 4 is 5.69 Å². The van der Waals surface area contributed by atoms with E-state index >= 15 is 0 Å². The third-order valence-corrected chi connectivity index (χ3v) is 1.86. The Balaban J connectivity index is 3.11. The zero-order valence-corrected chi connectivity index (χ0v) is 7.63. The fraction of sp³-hybridized carbons (Fsp3) is 0.300. The van der Waals surface area contributed by atoms with Gasteiger partial charge in [0.1, 0.15) is 0 Å². The van der Waals surface area contributed by atoms with Crippen LogP contribution in [0.5, 0.6) is 0 Å². The molecule has 1 aromatic rings. The van der Waals surface area contributed by atoms with Crippen molar-refractivity contribution < 1.29 is 0 Å². The number of aryl methyl sites for hydroxylation is 2. The number of nitriles is 1. The summed E-state index contributed by atoms with van der Waals surface area (Å²) in [6.07, 6.45) is 2.07. The summed E-state index contributed by atoms with van der Waals surface area (Å²) in [7, 11) is 1.76. The standard InChI is InChI=1S/C10H12N2/c1-8-4-5-10(9(2)6-8)12(3)7-11/h4-6H,1-3H3. The van der Waals surface area contributed by atoms with Gasteiger partial charge in [-0.3, -0.25) is 4.90 Å². The summed E-state index contributed by atoms with van der Waals surface area (Å²) in [6, 6.07) is 6.05. The van der Waals surface area contributed by atoms with Crippen LogP contribution in [-0.2, 0) is 0 Å². The van der Waals surface area contributed by atoms with Gasteiger partial charge >= 0.3 is 0 Å². The molecule has 12 heavy (non-hydrogen) atoms. The monoisotopic (exact) mass is 160 g/mol. The van der Waals surface area contributed by atoms with E-state index in [0.717, 1.165) is 11.3 Å². The minimum absolute atomic E-state index is 0.975. The zero-order chi connectivity index (χ0) is 9.14. The second-order valence-electron chi connectivity index (χ2n) is 2.95. The SMILES string of the molecule is Cc1ccc(N(C)C#N)c(C)c1. The van der Waals surface area contributed by atoms with Gasteiger partial charge in [0, 0.05) is 7.05 Å². The molecule has 0 aliphatic carbocycles. The molecule has 0 spiro atoms. The van der Waals surface area contributed by atoms with Crippen molar-refractivity contribution in [3.8, 4) is 6.19 Å². The lowest BCUT2D eigenvalue weighted by Gasteiger charge is -2.12. The van der Waals surface area contributed by atoms with Crippen LogP contribution in [0.25, 0.3) is 0 Å². The number of benzene rings is 1. The van der Waals surface area contributed by atoms with Gasteiger partial charge in [-0.05, 0) is 25.5 Å². The number of rotatable bonds is 1. The first kappa shape index (κ1) is 8.61. The molecular formula is C10H12N2. The molecule has 0 saturated heterocycles. The highest BCUT2D eigenvalue weighted by molar-refractivity contribution is 5.56. The average Bonchev–Trinajstić information content (AvgIpc) is 2.03. The average molecular weight is 160 g/mol. The summed E-state index contributed by atoms with van der Waals surface area (Å²) in [5.74, 6) is 0. The molecule has 0 heterocycles. The Hall–Kier alpha value is -1.49. The van der Waals surface area contributed by atoms with Crippen molar-refractivity contribution in [2.24, 2.45) is 0 Å². The van der Waals surface area contributed by atoms with Crippen LogP contribution < -0.4 is 4.90 Å². The Kier molecular flexibility index (Phi) is 2.35. The Morgan fingerprint density at radius 1 is 1.33 bits per heavy atom. The summed E-state index contributed by atoms with van der Waals surface area (Å²) in [5, 5.41) is 8.66. The second-order valence-corrected chi connectivity index (χ2v) is 2.95. The van der Waals surface area contributed by atoms with E-state index in [1.165, 1.54) is 5.56 Å². The highest BCUT2D eigenvalue weighted by atomic mass is 15.1. The minimum Gasteiger partial charge on any atom is -0.282 e. The summed E-state index contributed by atoms with van der Waals surface area (Å²) in [6.45, 7) is 4.05. The molecule has 0 saturated carbocycles. The molecule has 2 nitrogen and oxygen atoms in total. The fourth-order valence-corrected chi connectivity index (χ4v) is 1.24. The minimum atomic E-state index is 0.975. The van der Waals surface area contributed by atoms with Crippen molar-refractivity contribution in [2.75, 3.05) is 11.9 Å². The van der Waals surface area contributed by atoms with E-state index in [0.29, 0.717) is 0 Å². The highest BCUT2D eigenvalue weighted by Gasteiger charge is 2.01. The first-order valence-corrected chi connectivity index (χ1v) is 3.86. The molecule has 0 aliphatic rings. The predicted octanol–water partition coefficient (Wildman–Crippen LogP) is 2.22. The Morgan fingerprint density at radius 2 is 2.00 bits per heavy atom. The number of hydrogen-bond donors (Lipinski definition) is 0. The van der Waals surface area contributed by atoms with E-state index in [1.807, 2.05) is 26.0 Å². The van der Waals surface area contributed by atoms with Crippen molar-refractivity contribution in [3.05, 3.63) is 29.3 Å². The van der Waals surface area contributed by atoms with Crippen LogP contribution in [0.4, 0.5) is 5.69 Å². The lowest BCUT2D eigenvalue weighted by Crippen LogP contribution is -2.09. The Labute approximate surface area is 73.0 Å². The van der Waals surface area contributed by atoms with Gasteiger partial charge in [-0.15, -0.1) is 0 Å². The molecule has 62 valence electrons. The largest absolute Gasteiger partial charge is 0.282 e. The molecule has 0 N–H and O–H groups in total. The zero-order valence-electron chi connectivity index (χ0n) is 7.63. The van der Waals surface area contributed by atoms with Crippen LogP contribution in [0.1, 0.15) is 11.1 Å². The van der Waals surface area contributed by atoms with Crippen LogP contribution in [0.15, 0.2) is 18.2 Å². The van der Waals surface area contributed by atoms with Gasteiger partial charge in [0.15, 0.2) is 6.19 Å². The molecule has 0 fully saturated rings. The van der Waals surface area contributed by atoms with Crippen LogP contribution in [0.3, 0.4) is 0 Å².